The van der Waals surface area contributed by atoms with Crippen LogP contribution < -0.4 is 5.32 Å². The zero-order valence-electron chi connectivity index (χ0n) is 16.6. The molecule has 4 heterocycles. The Morgan fingerprint density at radius 3 is 2.79 bits per heavy atom. The lowest BCUT2D eigenvalue weighted by Crippen LogP contribution is -2.59. The molecular formula is C19H33Cl2N5O2. The van der Waals surface area contributed by atoms with Crippen LogP contribution >= 0.6 is 24.8 Å². The van der Waals surface area contributed by atoms with E-state index in [-0.39, 0.29) is 42.9 Å². The first kappa shape index (κ1) is 23.4. The first-order chi connectivity index (χ1) is 12.7. The highest BCUT2D eigenvalue weighted by atomic mass is 35.5. The SMILES string of the molecule is COCC(=O)N1CCc2[nH]cnc2C12CCN(CC1CCCNC1)CC2.Cl.Cl. The van der Waals surface area contributed by atoms with Gasteiger partial charge in [-0.1, -0.05) is 0 Å². The van der Waals surface area contributed by atoms with Gasteiger partial charge in [0.1, 0.15) is 6.61 Å². The number of likely N-dealkylation sites (tertiary alicyclic amines) is 1. The molecule has 3 aliphatic heterocycles. The largest absolute Gasteiger partial charge is 0.375 e. The predicted molar refractivity (Wildman–Crippen MR) is 113 cm³/mol. The maximum Gasteiger partial charge on any atom is 0.249 e. The monoisotopic (exact) mass is 433 g/mol. The van der Waals surface area contributed by atoms with Gasteiger partial charge in [0.15, 0.2) is 0 Å². The van der Waals surface area contributed by atoms with Crippen molar-refractivity contribution >= 4 is 30.7 Å². The van der Waals surface area contributed by atoms with E-state index in [0.29, 0.717) is 0 Å². The van der Waals surface area contributed by atoms with Crippen molar-refractivity contribution in [2.45, 2.75) is 37.6 Å². The normalized spacial score (nSPS) is 24.2. The van der Waals surface area contributed by atoms with Crippen molar-refractivity contribution in [2.75, 3.05) is 53.0 Å². The number of aromatic nitrogens is 2. The van der Waals surface area contributed by atoms with Gasteiger partial charge in [0.05, 0.1) is 17.6 Å². The highest BCUT2D eigenvalue weighted by molar-refractivity contribution is 5.85. The smallest absolute Gasteiger partial charge is 0.249 e. The standard InChI is InChI=1S/C19H31N5O2.2ClH/c1-26-13-17(25)24-8-4-16-18(22-14-21-16)19(24)5-9-23(10-6-19)12-15-3-2-7-20-11-15;;/h14-15,20H,2-13H2,1H3,(H,21,22);2*1H. The van der Waals surface area contributed by atoms with E-state index >= 15 is 0 Å². The highest BCUT2D eigenvalue weighted by Gasteiger charge is 2.48. The molecule has 7 nitrogen and oxygen atoms in total. The lowest BCUT2D eigenvalue weighted by atomic mass is 9.78. The second-order valence-electron chi connectivity index (χ2n) is 8.00. The molecule has 160 valence electrons. The van der Waals surface area contributed by atoms with Crippen LogP contribution in [-0.4, -0.2) is 78.7 Å². The Bertz CT molecular complexity index is 628. The van der Waals surface area contributed by atoms with E-state index < -0.39 is 0 Å². The molecule has 3 aliphatic rings. The van der Waals surface area contributed by atoms with Crippen LogP contribution in [0, 0.1) is 5.92 Å². The molecule has 2 saturated heterocycles. The molecular weight excluding hydrogens is 401 g/mol. The van der Waals surface area contributed by atoms with E-state index in [0.717, 1.165) is 63.6 Å². The van der Waals surface area contributed by atoms with E-state index in [1.807, 2.05) is 0 Å². The van der Waals surface area contributed by atoms with Gasteiger partial charge in [-0.2, -0.15) is 0 Å². The molecule has 0 bridgehead atoms. The number of piperidine rings is 2. The average Bonchev–Trinajstić information content (AvgIpc) is 3.15. The van der Waals surface area contributed by atoms with Gasteiger partial charge in [-0.15, -0.1) is 24.8 Å². The van der Waals surface area contributed by atoms with Crippen molar-refractivity contribution in [1.29, 1.82) is 0 Å². The molecule has 4 rings (SSSR count). The predicted octanol–water partition coefficient (Wildman–Crippen LogP) is 1.58. The molecule has 1 aromatic heterocycles. The summed E-state index contributed by atoms with van der Waals surface area (Å²) in [4.78, 5) is 25.3. The van der Waals surface area contributed by atoms with Crippen molar-refractivity contribution < 1.29 is 9.53 Å². The minimum Gasteiger partial charge on any atom is -0.375 e. The Morgan fingerprint density at radius 2 is 2.11 bits per heavy atom. The Balaban J connectivity index is 0.00000140. The number of carbonyl (C=O) groups is 1. The number of halogens is 2. The summed E-state index contributed by atoms with van der Waals surface area (Å²) in [5, 5.41) is 3.52. The lowest BCUT2D eigenvalue weighted by Gasteiger charge is -2.50. The summed E-state index contributed by atoms with van der Waals surface area (Å²) in [7, 11) is 1.59. The summed E-state index contributed by atoms with van der Waals surface area (Å²) in [6.07, 6.45) is 7.18. The molecule has 9 heteroatoms. The first-order valence-electron chi connectivity index (χ1n) is 9.98. The molecule has 0 aromatic carbocycles. The van der Waals surface area contributed by atoms with E-state index in [2.05, 4.69) is 25.1 Å². The topological polar surface area (TPSA) is 73.5 Å². The van der Waals surface area contributed by atoms with Crippen LogP contribution in [0.3, 0.4) is 0 Å². The number of aromatic amines is 1. The van der Waals surface area contributed by atoms with Crippen molar-refractivity contribution in [3.63, 3.8) is 0 Å². The summed E-state index contributed by atoms with van der Waals surface area (Å²) in [5.41, 5.74) is 2.04. The highest BCUT2D eigenvalue weighted by Crippen LogP contribution is 2.42. The van der Waals surface area contributed by atoms with Gasteiger partial charge in [0, 0.05) is 45.4 Å². The van der Waals surface area contributed by atoms with E-state index in [4.69, 9.17) is 4.74 Å². The zero-order chi connectivity index (χ0) is 18.0. The molecule has 2 fully saturated rings. The second-order valence-corrected chi connectivity index (χ2v) is 8.00. The number of H-pyrrole nitrogens is 1. The van der Waals surface area contributed by atoms with Gasteiger partial charge < -0.3 is 24.8 Å². The third-order valence-electron chi connectivity index (χ3n) is 6.43. The van der Waals surface area contributed by atoms with Crippen LogP contribution in [0.1, 0.15) is 37.1 Å². The van der Waals surface area contributed by atoms with E-state index in [9.17, 15) is 4.79 Å². The lowest BCUT2D eigenvalue weighted by molar-refractivity contribution is -0.146. The quantitative estimate of drug-likeness (QED) is 0.753. The Morgan fingerprint density at radius 1 is 1.32 bits per heavy atom. The fourth-order valence-corrected chi connectivity index (χ4v) is 5.10. The number of ether oxygens (including phenoxy) is 1. The molecule has 1 atom stereocenters. The maximum absolute atomic E-state index is 12.7. The summed E-state index contributed by atoms with van der Waals surface area (Å²) in [6, 6.07) is 0. The van der Waals surface area contributed by atoms with E-state index in [1.165, 1.54) is 25.1 Å². The number of hydrogen-bond donors (Lipinski definition) is 2. The molecule has 1 spiro atoms. The van der Waals surface area contributed by atoms with Crippen molar-refractivity contribution in [2.24, 2.45) is 5.92 Å². The fourth-order valence-electron chi connectivity index (χ4n) is 5.10. The van der Waals surface area contributed by atoms with Gasteiger partial charge in [0.25, 0.3) is 0 Å². The second kappa shape index (κ2) is 10.3. The molecule has 2 N–H and O–H groups in total. The number of nitrogens with one attached hydrogen (secondary N) is 2. The average molecular weight is 434 g/mol. The number of amides is 1. The minimum atomic E-state index is -0.259. The van der Waals surface area contributed by atoms with Gasteiger partial charge in [-0.05, 0) is 44.7 Å². The zero-order valence-corrected chi connectivity index (χ0v) is 18.2. The third kappa shape index (κ3) is 4.49. The van der Waals surface area contributed by atoms with Crippen LogP contribution in [0.5, 0.6) is 0 Å². The molecule has 0 radical (unpaired) electrons. The molecule has 0 aliphatic carbocycles. The van der Waals surface area contributed by atoms with Crippen LogP contribution in [0.25, 0.3) is 0 Å². The third-order valence-corrected chi connectivity index (χ3v) is 6.43. The van der Waals surface area contributed by atoms with Gasteiger partial charge in [-0.3, -0.25) is 4.79 Å². The number of rotatable bonds is 4. The fraction of sp³-hybridized carbons (Fsp3) is 0.789. The molecule has 28 heavy (non-hydrogen) atoms. The van der Waals surface area contributed by atoms with Crippen LogP contribution in [0.4, 0.5) is 0 Å². The minimum absolute atomic E-state index is 0. The molecule has 0 saturated carbocycles. The Kier molecular flexibility index (Phi) is 8.58. The van der Waals surface area contributed by atoms with Gasteiger partial charge in [-0.25, -0.2) is 4.98 Å². The Hall–Kier alpha value is -0.860. The number of hydrogen-bond acceptors (Lipinski definition) is 5. The summed E-state index contributed by atoms with van der Waals surface area (Å²) in [5.74, 6) is 0.849. The summed E-state index contributed by atoms with van der Waals surface area (Å²) in [6.45, 7) is 6.44. The number of nitrogens with zero attached hydrogens (tertiary/aromatic N) is 3. The first-order valence-corrected chi connectivity index (χ1v) is 9.98. The van der Waals surface area contributed by atoms with Crippen LogP contribution in [-0.2, 0) is 21.5 Å². The van der Waals surface area contributed by atoms with Gasteiger partial charge >= 0.3 is 0 Å². The number of carbonyl (C=O) groups excluding carboxylic acids is 1. The molecule has 1 unspecified atom stereocenters. The van der Waals surface area contributed by atoms with Crippen molar-refractivity contribution in [3.8, 4) is 0 Å². The van der Waals surface area contributed by atoms with Crippen LogP contribution in [0.15, 0.2) is 6.33 Å². The van der Waals surface area contributed by atoms with Crippen LogP contribution in [0.2, 0.25) is 0 Å². The molecule has 1 amide bonds. The summed E-state index contributed by atoms with van der Waals surface area (Å²) < 4.78 is 5.15. The maximum atomic E-state index is 12.7. The number of imidazole rings is 1. The van der Waals surface area contributed by atoms with Crippen molar-refractivity contribution in [1.82, 2.24) is 25.1 Å². The van der Waals surface area contributed by atoms with Gasteiger partial charge in [0.2, 0.25) is 5.91 Å². The van der Waals surface area contributed by atoms with E-state index in [1.54, 1.807) is 13.4 Å². The molecule has 1 aromatic rings. The Labute approximate surface area is 179 Å². The number of methoxy groups -OCH3 is 1. The summed E-state index contributed by atoms with van der Waals surface area (Å²) >= 11 is 0. The van der Waals surface area contributed by atoms with Crippen molar-refractivity contribution in [3.05, 3.63) is 17.7 Å². The number of fused-ring (bicyclic) bond motifs is 2.